The van der Waals surface area contributed by atoms with Crippen LogP contribution in [0.2, 0.25) is 0 Å². The number of furan rings is 1. The van der Waals surface area contributed by atoms with Gasteiger partial charge in [-0.15, -0.1) is 0 Å². The summed E-state index contributed by atoms with van der Waals surface area (Å²) in [5, 5.41) is 10.8. The van der Waals surface area contributed by atoms with Gasteiger partial charge in [0.2, 0.25) is 5.91 Å². The van der Waals surface area contributed by atoms with Crippen LogP contribution in [0.4, 0.5) is 5.82 Å². The van der Waals surface area contributed by atoms with Gasteiger partial charge >= 0.3 is 0 Å². The van der Waals surface area contributed by atoms with E-state index in [2.05, 4.69) is 21.0 Å². The van der Waals surface area contributed by atoms with Crippen molar-refractivity contribution in [3.05, 3.63) is 70.4 Å². The summed E-state index contributed by atoms with van der Waals surface area (Å²) >= 11 is 0. The SMILES string of the molecule is Cc1cc(NC(=O)c2oc3c(c2C)/C(=N/NC(=O)Cc2ccccc2)CCC3)no1. The highest BCUT2D eigenvalue weighted by Gasteiger charge is 2.28. The molecule has 4 rings (SSSR count). The number of carbonyl (C=O) groups excluding carboxylic acids is 2. The smallest absolute Gasteiger partial charge is 0.292 e. The van der Waals surface area contributed by atoms with Crippen LogP contribution in [-0.4, -0.2) is 22.7 Å². The number of aromatic nitrogens is 1. The first-order chi connectivity index (χ1) is 14.5. The molecule has 0 radical (unpaired) electrons. The lowest BCUT2D eigenvalue weighted by Gasteiger charge is -2.13. The van der Waals surface area contributed by atoms with Crippen molar-refractivity contribution < 1.29 is 18.5 Å². The standard InChI is InChI=1S/C22H22N4O4/c1-13-11-18(26-30-13)23-22(28)21-14(2)20-16(9-6-10-17(20)29-21)24-25-19(27)12-15-7-4-3-5-8-15/h3-5,7-8,11H,6,9-10,12H2,1-2H3,(H,25,27)(H,23,26,28)/b24-16+. The van der Waals surface area contributed by atoms with Crippen LogP contribution in [0.3, 0.4) is 0 Å². The molecule has 154 valence electrons. The zero-order chi connectivity index (χ0) is 21.1. The van der Waals surface area contributed by atoms with Crippen molar-refractivity contribution in [1.82, 2.24) is 10.6 Å². The zero-order valence-electron chi connectivity index (χ0n) is 16.8. The molecule has 0 bridgehead atoms. The molecule has 0 fully saturated rings. The third kappa shape index (κ3) is 4.17. The number of nitrogens with zero attached hydrogens (tertiary/aromatic N) is 2. The lowest BCUT2D eigenvalue weighted by molar-refractivity contribution is -0.120. The average Bonchev–Trinajstić information content (AvgIpc) is 3.30. The normalized spacial score (nSPS) is 14.4. The van der Waals surface area contributed by atoms with Crippen LogP contribution in [0.1, 0.15) is 51.6 Å². The molecule has 0 spiro atoms. The Balaban J connectivity index is 1.51. The minimum Gasteiger partial charge on any atom is -0.455 e. The maximum Gasteiger partial charge on any atom is 0.292 e. The third-order valence-electron chi connectivity index (χ3n) is 4.92. The lowest BCUT2D eigenvalue weighted by Crippen LogP contribution is -2.23. The summed E-state index contributed by atoms with van der Waals surface area (Å²) in [6.45, 7) is 3.56. The van der Waals surface area contributed by atoms with Gasteiger partial charge in [0.05, 0.1) is 12.1 Å². The molecule has 3 aromatic rings. The number of hydrogen-bond donors (Lipinski definition) is 2. The summed E-state index contributed by atoms with van der Waals surface area (Å²) < 4.78 is 10.8. The summed E-state index contributed by atoms with van der Waals surface area (Å²) in [7, 11) is 0. The van der Waals surface area contributed by atoms with Crippen molar-refractivity contribution in [2.24, 2.45) is 5.10 Å². The van der Waals surface area contributed by atoms with E-state index >= 15 is 0 Å². The quantitative estimate of drug-likeness (QED) is 0.630. The zero-order valence-corrected chi connectivity index (χ0v) is 16.8. The summed E-state index contributed by atoms with van der Waals surface area (Å²) in [4.78, 5) is 24.9. The maximum atomic E-state index is 12.6. The Morgan fingerprint density at radius 1 is 1.17 bits per heavy atom. The van der Waals surface area contributed by atoms with E-state index in [0.29, 0.717) is 35.7 Å². The van der Waals surface area contributed by atoms with Gasteiger partial charge in [-0.05, 0) is 32.3 Å². The molecule has 8 nitrogen and oxygen atoms in total. The number of aryl methyl sites for hydroxylation is 2. The molecule has 0 saturated heterocycles. The Hall–Kier alpha value is -3.68. The minimum atomic E-state index is -0.400. The van der Waals surface area contributed by atoms with Gasteiger partial charge in [-0.25, -0.2) is 5.43 Å². The van der Waals surface area contributed by atoms with Crippen LogP contribution in [0.15, 0.2) is 50.4 Å². The number of nitrogens with one attached hydrogen (secondary N) is 2. The molecule has 1 aliphatic carbocycles. The maximum absolute atomic E-state index is 12.6. The second kappa shape index (κ2) is 8.36. The summed E-state index contributed by atoms with van der Waals surface area (Å²) in [6.07, 6.45) is 2.49. The van der Waals surface area contributed by atoms with E-state index in [1.54, 1.807) is 13.0 Å². The average molecular weight is 406 g/mol. The van der Waals surface area contributed by atoms with Gasteiger partial charge < -0.3 is 14.3 Å². The van der Waals surface area contributed by atoms with Gasteiger partial charge in [0.15, 0.2) is 11.6 Å². The number of anilines is 1. The van der Waals surface area contributed by atoms with Crippen LogP contribution in [0.5, 0.6) is 0 Å². The first kappa shape index (κ1) is 19.6. The van der Waals surface area contributed by atoms with Crippen LogP contribution >= 0.6 is 0 Å². The number of hydrazone groups is 1. The predicted molar refractivity (Wildman–Crippen MR) is 110 cm³/mol. The molecular formula is C22H22N4O4. The van der Waals surface area contributed by atoms with E-state index in [4.69, 9.17) is 8.94 Å². The number of benzene rings is 1. The molecule has 0 aliphatic heterocycles. The van der Waals surface area contributed by atoms with E-state index in [1.165, 1.54) is 0 Å². The molecule has 1 aliphatic rings. The van der Waals surface area contributed by atoms with Crippen molar-refractivity contribution in [2.45, 2.75) is 39.5 Å². The van der Waals surface area contributed by atoms with Gasteiger partial charge in [0, 0.05) is 23.6 Å². The number of hydrogen-bond acceptors (Lipinski definition) is 6. The van der Waals surface area contributed by atoms with E-state index < -0.39 is 5.91 Å². The summed E-state index contributed by atoms with van der Waals surface area (Å²) in [5.74, 6) is 1.25. The van der Waals surface area contributed by atoms with Crippen molar-refractivity contribution in [3.8, 4) is 0 Å². The highest BCUT2D eigenvalue weighted by molar-refractivity contribution is 6.09. The van der Waals surface area contributed by atoms with Gasteiger partial charge in [-0.1, -0.05) is 35.5 Å². The second-order valence-corrected chi connectivity index (χ2v) is 7.24. The molecule has 2 amide bonds. The summed E-state index contributed by atoms with van der Waals surface area (Å²) in [5.41, 5.74) is 5.76. The number of amides is 2. The van der Waals surface area contributed by atoms with Gasteiger partial charge in [0.1, 0.15) is 11.5 Å². The molecule has 8 heteroatoms. The van der Waals surface area contributed by atoms with Crippen molar-refractivity contribution in [3.63, 3.8) is 0 Å². The fourth-order valence-corrected chi connectivity index (χ4v) is 3.55. The monoisotopic (exact) mass is 406 g/mol. The molecule has 0 unspecified atom stereocenters. The van der Waals surface area contributed by atoms with Crippen LogP contribution in [-0.2, 0) is 17.6 Å². The summed E-state index contributed by atoms with van der Waals surface area (Å²) in [6, 6.07) is 11.1. The fourth-order valence-electron chi connectivity index (χ4n) is 3.55. The van der Waals surface area contributed by atoms with E-state index in [-0.39, 0.29) is 18.1 Å². The number of fused-ring (bicyclic) bond motifs is 1. The van der Waals surface area contributed by atoms with Gasteiger partial charge in [-0.2, -0.15) is 5.10 Å². The minimum absolute atomic E-state index is 0.193. The lowest BCUT2D eigenvalue weighted by atomic mass is 9.93. The van der Waals surface area contributed by atoms with Crippen LogP contribution in [0, 0.1) is 13.8 Å². The van der Waals surface area contributed by atoms with Gasteiger partial charge in [0.25, 0.3) is 5.91 Å². The molecule has 0 atom stereocenters. The molecule has 1 aromatic carbocycles. The molecule has 2 heterocycles. The first-order valence-corrected chi connectivity index (χ1v) is 9.78. The number of rotatable bonds is 5. The van der Waals surface area contributed by atoms with Crippen molar-refractivity contribution in [2.75, 3.05) is 5.32 Å². The Morgan fingerprint density at radius 3 is 2.70 bits per heavy atom. The molecule has 0 saturated carbocycles. The van der Waals surface area contributed by atoms with E-state index in [9.17, 15) is 9.59 Å². The molecule has 2 aromatic heterocycles. The van der Waals surface area contributed by atoms with E-state index in [1.807, 2.05) is 37.3 Å². The van der Waals surface area contributed by atoms with Crippen LogP contribution in [0.25, 0.3) is 0 Å². The Kier molecular flexibility index (Phi) is 5.47. The highest BCUT2D eigenvalue weighted by Crippen LogP contribution is 2.30. The Morgan fingerprint density at radius 2 is 1.97 bits per heavy atom. The largest absolute Gasteiger partial charge is 0.455 e. The molecular weight excluding hydrogens is 384 g/mol. The van der Waals surface area contributed by atoms with Crippen molar-refractivity contribution in [1.29, 1.82) is 0 Å². The molecule has 30 heavy (non-hydrogen) atoms. The fraction of sp³-hybridized carbons (Fsp3) is 0.273. The Bertz CT molecular complexity index is 1110. The van der Waals surface area contributed by atoms with Gasteiger partial charge in [-0.3, -0.25) is 9.59 Å². The van der Waals surface area contributed by atoms with Crippen molar-refractivity contribution >= 4 is 23.3 Å². The number of carbonyl (C=O) groups is 2. The molecule has 2 N–H and O–H groups in total. The van der Waals surface area contributed by atoms with E-state index in [0.717, 1.165) is 23.3 Å². The van der Waals surface area contributed by atoms with Crippen LogP contribution < -0.4 is 10.7 Å². The topological polar surface area (TPSA) is 110 Å². The first-order valence-electron chi connectivity index (χ1n) is 9.78. The highest BCUT2D eigenvalue weighted by atomic mass is 16.5. The second-order valence-electron chi connectivity index (χ2n) is 7.24. The predicted octanol–water partition coefficient (Wildman–Crippen LogP) is 3.54. The third-order valence-corrected chi connectivity index (χ3v) is 4.92. The Labute approximate surface area is 173 Å².